The third kappa shape index (κ3) is 3.52. The molecule has 0 fully saturated rings. The van der Waals surface area contributed by atoms with Gasteiger partial charge in [-0.15, -0.1) is 0 Å². The molecule has 0 rings (SSSR count). The minimum atomic E-state index is 0.0960. The van der Waals surface area contributed by atoms with E-state index in [0.29, 0.717) is 11.9 Å². The van der Waals surface area contributed by atoms with Crippen LogP contribution in [0.2, 0.25) is 0 Å². The quantitative estimate of drug-likeness (QED) is 0.254. The van der Waals surface area contributed by atoms with Crippen molar-refractivity contribution in [3.63, 3.8) is 0 Å². The van der Waals surface area contributed by atoms with E-state index in [1.165, 1.54) is 6.08 Å². The van der Waals surface area contributed by atoms with E-state index in [9.17, 15) is 4.79 Å². The van der Waals surface area contributed by atoms with Crippen molar-refractivity contribution in [2.24, 2.45) is 0 Å². The SMILES string of the molecule is C/C(=C/C=O)COO. The number of carbonyl (C=O) groups excluding carboxylic acids is 1. The predicted molar refractivity (Wildman–Crippen MR) is 28.4 cm³/mol. The molecule has 0 radical (unpaired) electrons. The van der Waals surface area contributed by atoms with Crippen LogP contribution in [-0.4, -0.2) is 18.2 Å². The highest BCUT2D eigenvalue weighted by Gasteiger charge is 1.84. The summed E-state index contributed by atoms with van der Waals surface area (Å²) in [4.78, 5) is 13.4. The first-order chi connectivity index (χ1) is 3.81. The van der Waals surface area contributed by atoms with E-state index >= 15 is 0 Å². The first-order valence-corrected chi connectivity index (χ1v) is 2.18. The molecule has 0 aliphatic heterocycles. The summed E-state index contributed by atoms with van der Waals surface area (Å²) in [5.41, 5.74) is 0.697. The van der Waals surface area contributed by atoms with Crippen LogP contribution in [-0.2, 0) is 9.68 Å². The second-order valence-corrected chi connectivity index (χ2v) is 1.42. The average molecular weight is 116 g/mol. The average Bonchev–Trinajstić information content (AvgIpc) is 1.68. The summed E-state index contributed by atoms with van der Waals surface area (Å²) in [6.07, 6.45) is 1.98. The zero-order valence-corrected chi connectivity index (χ0v) is 4.63. The molecule has 0 aliphatic rings. The second kappa shape index (κ2) is 4.49. The topological polar surface area (TPSA) is 46.5 Å². The van der Waals surface area contributed by atoms with Crippen molar-refractivity contribution in [2.75, 3.05) is 6.61 Å². The maximum absolute atomic E-state index is 9.68. The van der Waals surface area contributed by atoms with E-state index in [0.717, 1.165) is 0 Å². The molecule has 1 N–H and O–H groups in total. The summed E-state index contributed by atoms with van der Waals surface area (Å²) in [5, 5.41) is 7.81. The number of carbonyl (C=O) groups is 1. The minimum absolute atomic E-state index is 0.0960. The third-order valence-corrected chi connectivity index (χ3v) is 0.645. The Morgan fingerprint density at radius 2 is 2.50 bits per heavy atom. The molecule has 3 heteroatoms. The molecule has 0 saturated heterocycles. The van der Waals surface area contributed by atoms with E-state index in [2.05, 4.69) is 4.89 Å². The van der Waals surface area contributed by atoms with Crippen LogP contribution in [0.3, 0.4) is 0 Å². The summed E-state index contributed by atoms with van der Waals surface area (Å²) < 4.78 is 0. The van der Waals surface area contributed by atoms with Crippen LogP contribution < -0.4 is 0 Å². The van der Waals surface area contributed by atoms with Gasteiger partial charge in [0, 0.05) is 0 Å². The lowest BCUT2D eigenvalue weighted by Crippen LogP contribution is -1.89. The standard InChI is InChI=1S/C5H8O3/c1-5(2-3-6)4-8-7/h2-3,7H,4H2,1H3/b5-2-. The molecule has 0 unspecified atom stereocenters. The fourth-order valence-corrected chi connectivity index (χ4v) is 0.266. The fraction of sp³-hybridized carbons (Fsp3) is 0.400. The zero-order chi connectivity index (χ0) is 6.41. The Morgan fingerprint density at radius 3 is 2.88 bits per heavy atom. The van der Waals surface area contributed by atoms with Crippen molar-refractivity contribution in [3.8, 4) is 0 Å². The highest BCUT2D eigenvalue weighted by Crippen LogP contribution is 1.87. The van der Waals surface area contributed by atoms with Gasteiger partial charge in [0.05, 0.1) is 0 Å². The van der Waals surface area contributed by atoms with Crippen molar-refractivity contribution in [2.45, 2.75) is 6.92 Å². The molecule has 0 aliphatic carbocycles. The molecule has 3 nitrogen and oxygen atoms in total. The molecule has 0 aromatic heterocycles. The molecule has 8 heavy (non-hydrogen) atoms. The lowest BCUT2D eigenvalue weighted by atomic mass is 10.3. The Hall–Kier alpha value is -0.670. The molecule has 0 bridgehead atoms. The molecule has 0 aromatic rings. The van der Waals surface area contributed by atoms with Crippen LogP contribution in [0.5, 0.6) is 0 Å². The number of allylic oxidation sites excluding steroid dienone is 1. The predicted octanol–water partition coefficient (Wildman–Crippen LogP) is 0.621. The molecule has 46 valence electrons. The third-order valence-electron chi connectivity index (χ3n) is 0.645. The van der Waals surface area contributed by atoms with Crippen LogP contribution >= 0.6 is 0 Å². The summed E-state index contributed by atoms with van der Waals surface area (Å²) in [7, 11) is 0. The molecule has 0 heterocycles. The van der Waals surface area contributed by atoms with Gasteiger partial charge >= 0.3 is 0 Å². The Kier molecular flexibility index (Phi) is 4.11. The molecule has 0 aromatic carbocycles. The van der Waals surface area contributed by atoms with Gasteiger partial charge in [-0.05, 0) is 18.6 Å². The molecule has 0 amide bonds. The van der Waals surface area contributed by atoms with E-state index in [1.807, 2.05) is 0 Å². The van der Waals surface area contributed by atoms with E-state index in [-0.39, 0.29) is 6.61 Å². The highest BCUT2D eigenvalue weighted by molar-refractivity contribution is 5.65. The molecule has 0 saturated carbocycles. The summed E-state index contributed by atoms with van der Waals surface area (Å²) in [6.45, 7) is 1.78. The number of hydrogen-bond acceptors (Lipinski definition) is 3. The van der Waals surface area contributed by atoms with E-state index in [1.54, 1.807) is 6.92 Å². The normalized spacial score (nSPS) is 11.5. The van der Waals surface area contributed by atoms with Crippen molar-refractivity contribution in [1.29, 1.82) is 0 Å². The zero-order valence-electron chi connectivity index (χ0n) is 4.63. The van der Waals surface area contributed by atoms with Gasteiger partial charge in [0.2, 0.25) is 0 Å². The molecule has 0 spiro atoms. The maximum Gasteiger partial charge on any atom is 0.142 e. The van der Waals surface area contributed by atoms with Gasteiger partial charge < -0.3 is 0 Å². The Balaban J connectivity index is 3.44. The summed E-state index contributed by atoms with van der Waals surface area (Å²) in [6, 6.07) is 0. The highest BCUT2D eigenvalue weighted by atomic mass is 17.1. The second-order valence-electron chi connectivity index (χ2n) is 1.42. The van der Waals surface area contributed by atoms with Crippen molar-refractivity contribution in [3.05, 3.63) is 11.6 Å². The van der Waals surface area contributed by atoms with Crippen molar-refractivity contribution < 1.29 is 14.9 Å². The number of aldehydes is 1. The Bertz CT molecular complexity index is 95.8. The monoisotopic (exact) mass is 116 g/mol. The molecular weight excluding hydrogens is 108 g/mol. The Labute approximate surface area is 47.5 Å². The van der Waals surface area contributed by atoms with Crippen molar-refractivity contribution in [1.82, 2.24) is 0 Å². The van der Waals surface area contributed by atoms with E-state index in [4.69, 9.17) is 5.26 Å². The minimum Gasteiger partial charge on any atom is -0.299 e. The lowest BCUT2D eigenvalue weighted by molar-refractivity contribution is -0.234. The van der Waals surface area contributed by atoms with Crippen LogP contribution in [0.25, 0.3) is 0 Å². The van der Waals surface area contributed by atoms with Crippen LogP contribution in [0.4, 0.5) is 0 Å². The first-order valence-electron chi connectivity index (χ1n) is 2.18. The number of hydrogen-bond donors (Lipinski definition) is 1. The van der Waals surface area contributed by atoms with Crippen LogP contribution in [0.15, 0.2) is 11.6 Å². The van der Waals surface area contributed by atoms with Crippen LogP contribution in [0, 0.1) is 0 Å². The maximum atomic E-state index is 9.68. The van der Waals surface area contributed by atoms with Gasteiger partial charge in [0.15, 0.2) is 0 Å². The van der Waals surface area contributed by atoms with Gasteiger partial charge in [-0.3, -0.25) is 10.1 Å². The van der Waals surface area contributed by atoms with Crippen LogP contribution in [0.1, 0.15) is 6.92 Å². The molecule has 0 atom stereocenters. The van der Waals surface area contributed by atoms with E-state index < -0.39 is 0 Å². The Morgan fingerprint density at radius 1 is 1.88 bits per heavy atom. The van der Waals surface area contributed by atoms with Crippen molar-refractivity contribution >= 4 is 6.29 Å². The smallest absolute Gasteiger partial charge is 0.142 e. The van der Waals surface area contributed by atoms with Gasteiger partial charge in [0.1, 0.15) is 12.9 Å². The first kappa shape index (κ1) is 7.33. The number of rotatable bonds is 3. The largest absolute Gasteiger partial charge is 0.299 e. The lowest BCUT2D eigenvalue weighted by Gasteiger charge is -1.90. The summed E-state index contributed by atoms with van der Waals surface area (Å²) >= 11 is 0. The molecular formula is C5H8O3. The van der Waals surface area contributed by atoms with Gasteiger partial charge in [-0.25, -0.2) is 4.89 Å². The van der Waals surface area contributed by atoms with Gasteiger partial charge in [-0.2, -0.15) is 0 Å². The van der Waals surface area contributed by atoms with Gasteiger partial charge in [-0.1, -0.05) is 0 Å². The van der Waals surface area contributed by atoms with Gasteiger partial charge in [0.25, 0.3) is 0 Å². The summed E-state index contributed by atoms with van der Waals surface area (Å²) in [5.74, 6) is 0. The fourth-order valence-electron chi connectivity index (χ4n) is 0.266.